The highest BCUT2D eigenvalue weighted by Gasteiger charge is 2.38. The van der Waals surface area contributed by atoms with Gasteiger partial charge in [0.25, 0.3) is 0 Å². The molecule has 100 valence electrons. The van der Waals surface area contributed by atoms with Gasteiger partial charge in [-0.2, -0.15) is 5.26 Å². The van der Waals surface area contributed by atoms with E-state index in [-0.39, 0.29) is 17.3 Å². The summed E-state index contributed by atoms with van der Waals surface area (Å²) < 4.78 is 24.3. The smallest absolute Gasteiger partial charge is 0.123 e. The number of hydrogen-bond donors (Lipinski definition) is 0. The van der Waals surface area contributed by atoms with Crippen LogP contribution in [0.3, 0.4) is 0 Å². The van der Waals surface area contributed by atoms with Crippen molar-refractivity contribution in [2.75, 3.05) is 13.2 Å². The zero-order valence-corrected chi connectivity index (χ0v) is 10.7. The van der Waals surface area contributed by atoms with Crippen molar-refractivity contribution in [2.45, 2.75) is 31.8 Å². The molecule has 2 aliphatic rings. The molecule has 0 amide bonds. The average molecular weight is 261 g/mol. The maximum atomic E-state index is 13.2. The number of hydrogen-bond acceptors (Lipinski definition) is 3. The Kier molecular flexibility index (Phi) is 3.16. The van der Waals surface area contributed by atoms with Crippen molar-refractivity contribution in [3.8, 4) is 11.8 Å². The molecule has 0 radical (unpaired) electrons. The van der Waals surface area contributed by atoms with Gasteiger partial charge in [0.05, 0.1) is 11.5 Å². The number of ether oxygens (including phenoxy) is 2. The van der Waals surface area contributed by atoms with E-state index in [0.717, 1.165) is 24.2 Å². The number of fused-ring (bicyclic) bond motifs is 1. The Morgan fingerprint density at radius 3 is 2.89 bits per heavy atom. The molecule has 19 heavy (non-hydrogen) atoms. The molecule has 0 N–H and O–H groups in total. The Bertz CT molecular complexity index is 517. The van der Waals surface area contributed by atoms with Gasteiger partial charge in [-0.25, -0.2) is 4.39 Å². The number of nitrogens with zero attached hydrogens (tertiary/aromatic N) is 1. The molecular weight excluding hydrogens is 245 g/mol. The Labute approximate surface area is 111 Å². The highest BCUT2D eigenvalue weighted by atomic mass is 19.1. The maximum Gasteiger partial charge on any atom is 0.123 e. The van der Waals surface area contributed by atoms with E-state index in [0.29, 0.717) is 26.1 Å². The SMILES string of the molecule is N#CC1(CC2Cc3cc(F)ccc3O2)CCOCC1. The van der Waals surface area contributed by atoms with E-state index in [1.54, 1.807) is 6.07 Å². The van der Waals surface area contributed by atoms with Crippen LogP contribution in [-0.2, 0) is 11.2 Å². The lowest BCUT2D eigenvalue weighted by Gasteiger charge is -2.32. The van der Waals surface area contributed by atoms with E-state index in [4.69, 9.17) is 9.47 Å². The van der Waals surface area contributed by atoms with Crippen LogP contribution in [-0.4, -0.2) is 19.3 Å². The number of halogens is 1. The van der Waals surface area contributed by atoms with Gasteiger partial charge in [0, 0.05) is 31.6 Å². The molecule has 1 aromatic carbocycles. The predicted molar refractivity (Wildman–Crippen MR) is 67.2 cm³/mol. The van der Waals surface area contributed by atoms with Crippen LogP contribution in [0.5, 0.6) is 5.75 Å². The second-order valence-electron chi connectivity index (χ2n) is 5.40. The van der Waals surface area contributed by atoms with Gasteiger partial charge in [-0.3, -0.25) is 0 Å². The molecule has 4 heteroatoms. The molecule has 0 bridgehead atoms. The minimum atomic E-state index is -0.344. The van der Waals surface area contributed by atoms with E-state index in [1.165, 1.54) is 12.1 Å². The van der Waals surface area contributed by atoms with Gasteiger partial charge in [-0.05, 0) is 31.0 Å². The molecule has 1 atom stereocenters. The molecule has 1 fully saturated rings. The normalized spacial score (nSPS) is 24.3. The summed E-state index contributed by atoms with van der Waals surface area (Å²) in [6.45, 7) is 1.28. The molecular formula is C15H16FNO2. The molecule has 1 aromatic rings. The minimum absolute atomic E-state index is 0.0189. The Balaban J connectivity index is 1.71. The van der Waals surface area contributed by atoms with Crippen molar-refractivity contribution < 1.29 is 13.9 Å². The van der Waals surface area contributed by atoms with E-state index in [1.807, 2.05) is 0 Å². The van der Waals surface area contributed by atoms with Crippen molar-refractivity contribution in [1.82, 2.24) is 0 Å². The molecule has 3 nitrogen and oxygen atoms in total. The summed E-state index contributed by atoms with van der Waals surface area (Å²) in [7, 11) is 0. The lowest BCUT2D eigenvalue weighted by Crippen LogP contribution is -2.33. The van der Waals surface area contributed by atoms with Gasteiger partial charge in [0.1, 0.15) is 17.7 Å². The second-order valence-corrected chi connectivity index (χ2v) is 5.40. The Hall–Kier alpha value is -1.60. The van der Waals surface area contributed by atoms with Gasteiger partial charge in [-0.15, -0.1) is 0 Å². The number of benzene rings is 1. The minimum Gasteiger partial charge on any atom is -0.490 e. The summed E-state index contributed by atoms with van der Waals surface area (Å²) in [5.41, 5.74) is 0.564. The third-order valence-electron chi connectivity index (χ3n) is 4.07. The fraction of sp³-hybridized carbons (Fsp3) is 0.533. The highest BCUT2D eigenvalue weighted by Crippen LogP contribution is 2.39. The zero-order chi connectivity index (χ0) is 13.3. The lowest BCUT2D eigenvalue weighted by molar-refractivity contribution is 0.0217. The van der Waals surface area contributed by atoms with Crippen LogP contribution in [0.2, 0.25) is 0 Å². The van der Waals surface area contributed by atoms with Crippen molar-refractivity contribution in [1.29, 1.82) is 5.26 Å². The van der Waals surface area contributed by atoms with Gasteiger partial charge >= 0.3 is 0 Å². The van der Waals surface area contributed by atoms with Crippen LogP contribution in [0.4, 0.5) is 4.39 Å². The first-order chi connectivity index (χ1) is 9.21. The van der Waals surface area contributed by atoms with Crippen LogP contribution < -0.4 is 4.74 Å². The van der Waals surface area contributed by atoms with Gasteiger partial charge in [0.15, 0.2) is 0 Å². The van der Waals surface area contributed by atoms with Crippen LogP contribution in [0.1, 0.15) is 24.8 Å². The summed E-state index contributed by atoms with van der Waals surface area (Å²) >= 11 is 0. The first kappa shape index (κ1) is 12.4. The van der Waals surface area contributed by atoms with Crippen molar-refractivity contribution >= 4 is 0 Å². The summed E-state index contributed by atoms with van der Waals surface area (Å²) in [5, 5.41) is 9.44. The number of nitriles is 1. The Morgan fingerprint density at radius 2 is 2.16 bits per heavy atom. The molecule has 1 saturated heterocycles. The fourth-order valence-electron chi connectivity index (χ4n) is 2.96. The molecule has 0 aromatic heterocycles. The maximum absolute atomic E-state index is 13.2. The van der Waals surface area contributed by atoms with E-state index in [2.05, 4.69) is 6.07 Å². The van der Waals surface area contributed by atoms with E-state index < -0.39 is 0 Å². The first-order valence-corrected chi connectivity index (χ1v) is 6.65. The molecule has 3 rings (SSSR count). The van der Waals surface area contributed by atoms with E-state index in [9.17, 15) is 9.65 Å². The molecule has 0 spiro atoms. The number of rotatable bonds is 2. The van der Waals surface area contributed by atoms with Gasteiger partial charge in [0.2, 0.25) is 0 Å². The van der Waals surface area contributed by atoms with Gasteiger partial charge in [-0.1, -0.05) is 0 Å². The molecule has 0 saturated carbocycles. The quantitative estimate of drug-likeness (QED) is 0.822. The topological polar surface area (TPSA) is 42.2 Å². The van der Waals surface area contributed by atoms with Crippen LogP contribution in [0.15, 0.2) is 18.2 Å². The first-order valence-electron chi connectivity index (χ1n) is 6.65. The summed E-state index contributed by atoms with van der Waals surface area (Å²) in [6.07, 6.45) is 2.89. The Morgan fingerprint density at radius 1 is 1.37 bits per heavy atom. The van der Waals surface area contributed by atoms with Crippen molar-refractivity contribution in [3.63, 3.8) is 0 Å². The molecule has 1 unspecified atom stereocenters. The van der Waals surface area contributed by atoms with Gasteiger partial charge < -0.3 is 9.47 Å². The predicted octanol–water partition coefficient (Wildman–Crippen LogP) is 2.84. The van der Waals surface area contributed by atoms with Crippen LogP contribution in [0.25, 0.3) is 0 Å². The van der Waals surface area contributed by atoms with Crippen LogP contribution in [0, 0.1) is 22.6 Å². The monoisotopic (exact) mass is 261 g/mol. The molecule has 2 aliphatic heterocycles. The van der Waals surface area contributed by atoms with Crippen LogP contribution >= 0.6 is 0 Å². The molecule has 2 heterocycles. The lowest BCUT2D eigenvalue weighted by atomic mass is 9.76. The fourth-order valence-corrected chi connectivity index (χ4v) is 2.96. The second kappa shape index (κ2) is 4.82. The molecule has 0 aliphatic carbocycles. The largest absolute Gasteiger partial charge is 0.490 e. The third-order valence-corrected chi connectivity index (χ3v) is 4.07. The highest BCUT2D eigenvalue weighted by molar-refractivity contribution is 5.38. The summed E-state index contributed by atoms with van der Waals surface area (Å²) in [6, 6.07) is 7.06. The third kappa shape index (κ3) is 2.43. The zero-order valence-electron chi connectivity index (χ0n) is 10.7. The van der Waals surface area contributed by atoms with Crippen molar-refractivity contribution in [2.24, 2.45) is 5.41 Å². The standard InChI is InChI=1S/C15H16FNO2/c16-12-1-2-14-11(7-12)8-13(19-14)9-15(10-17)3-5-18-6-4-15/h1-2,7,13H,3-6,8-9H2. The average Bonchev–Trinajstić information content (AvgIpc) is 2.81. The van der Waals surface area contributed by atoms with E-state index >= 15 is 0 Å². The summed E-state index contributed by atoms with van der Waals surface area (Å²) in [5.74, 6) is 0.524. The van der Waals surface area contributed by atoms with Crippen molar-refractivity contribution in [3.05, 3.63) is 29.6 Å². The summed E-state index contributed by atoms with van der Waals surface area (Å²) in [4.78, 5) is 0.